The van der Waals surface area contributed by atoms with Crippen molar-refractivity contribution in [2.24, 2.45) is 4.99 Å². The highest BCUT2D eigenvalue weighted by atomic mass is 16.4. The number of aliphatic imine (C=N–C) groups is 1. The highest BCUT2D eigenvalue weighted by Gasteiger charge is 2.05. The van der Waals surface area contributed by atoms with Crippen LogP contribution >= 0.6 is 0 Å². The third-order valence-electron chi connectivity index (χ3n) is 2.03. The number of aliphatic carboxylic acids is 1. The van der Waals surface area contributed by atoms with E-state index in [0.29, 0.717) is 0 Å². The number of hydrogen-bond donors (Lipinski definition) is 3. The van der Waals surface area contributed by atoms with Crippen molar-refractivity contribution in [2.45, 2.75) is 13.3 Å². The van der Waals surface area contributed by atoms with Crippen LogP contribution in [0.25, 0.3) is 0 Å². The third kappa shape index (κ3) is 5.11. The Morgan fingerprint density at radius 3 is 2.50 bits per heavy atom. The van der Waals surface area contributed by atoms with E-state index >= 15 is 0 Å². The summed E-state index contributed by atoms with van der Waals surface area (Å²) in [6.45, 7) is 1.42. The number of nitrogens with one attached hydrogen (secondary N) is 2. The Balaban J connectivity index is 2.53. The molecule has 0 aliphatic carbocycles. The minimum atomic E-state index is -0.947. The Hall–Kier alpha value is -2.37. The fraction of sp³-hybridized carbons (Fsp3) is 0.250. The maximum absolute atomic E-state index is 11.3. The molecule has 0 heterocycles. The van der Waals surface area contributed by atoms with Gasteiger partial charge in [0.1, 0.15) is 0 Å². The number of anilines is 1. The molecule has 1 rings (SSSR count). The van der Waals surface area contributed by atoms with Crippen molar-refractivity contribution in [2.75, 3.05) is 12.0 Å². The second-order valence-electron chi connectivity index (χ2n) is 3.55. The van der Waals surface area contributed by atoms with Crippen LogP contribution in [0.2, 0.25) is 0 Å². The van der Waals surface area contributed by atoms with Gasteiger partial charge in [0.25, 0.3) is 0 Å². The molecule has 0 saturated heterocycles. The van der Waals surface area contributed by atoms with Gasteiger partial charge in [-0.3, -0.25) is 25.4 Å². The van der Waals surface area contributed by atoms with E-state index in [1.807, 2.05) is 30.3 Å². The predicted octanol–water partition coefficient (Wildman–Crippen LogP) is 1.07. The summed E-state index contributed by atoms with van der Waals surface area (Å²) in [7, 11) is 0. The Morgan fingerprint density at radius 2 is 1.94 bits per heavy atom. The van der Waals surface area contributed by atoms with Crippen LogP contribution in [-0.2, 0) is 9.59 Å². The fourth-order valence-corrected chi connectivity index (χ4v) is 1.16. The molecule has 0 fully saturated rings. The molecular formula is C12H15N3O3. The standard InChI is InChI=1S/C12H15N3O3/c1-9(16)12(13-8-7-11(17)18)15-14-10-5-3-2-4-6-10/h2-6,14H,7-8H2,1H3,(H,13,15)(H,17,18). The van der Waals surface area contributed by atoms with E-state index < -0.39 is 5.97 Å². The van der Waals surface area contributed by atoms with Crippen LogP contribution in [0.5, 0.6) is 0 Å². The van der Waals surface area contributed by atoms with E-state index in [9.17, 15) is 9.59 Å². The number of Topliss-reactive ketones (excluding diaryl/α,β-unsaturated/α-hetero) is 1. The van der Waals surface area contributed by atoms with Gasteiger partial charge >= 0.3 is 5.97 Å². The summed E-state index contributed by atoms with van der Waals surface area (Å²) in [4.78, 5) is 25.5. The normalized spacial score (nSPS) is 10.8. The van der Waals surface area contributed by atoms with Gasteiger partial charge in [-0.2, -0.15) is 0 Å². The summed E-state index contributed by atoms with van der Waals surface area (Å²) < 4.78 is 0. The van der Waals surface area contributed by atoms with E-state index in [1.165, 1.54) is 6.92 Å². The minimum Gasteiger partial charge on any atom is -0.481 e. The van der Waals surface area contributed by atoms with Crippen LogP contribution in [0.1, 0.15) is 13.3 Å². The number of hydrazine groups is 1. The van der Waals surface area contributed by atoms with E-state index in [1.54, 1.807) is 0 Å². The van der Waals surface area contributed by atoms with Crippen LogP contribution in [0.4, 0.5) is 5.69 Å². The lowest BCUT2D eigenvalue weighted by Crippen LogP contribution is -2.34. The van der Waals surface area contributed by atoms with Gasteiger partial charge in [-0.25, -0.2) is 0 Å². The van der Waals surface area contributed by atoms with Crippen LogP contribution in [0.15, 0.2) is 35.3 Å². The van der Waals surface area contributed by atoms with Gasteiger partial charge in [0.2, 0.25) is 0 Å². The molecular weight excluding hydrogens is 234 g/mol. The maximum Gasteiger partial charge on any atom is 0.305 e. The number of ketones is 1. The minimum absolute atomic E-state index is 0.0632. The molecule has 0 spiro atoms. The summed E-state index contributed by atoms with van der Waals surface area (Å²) in [6.07, 6.45) is -0.107. The molecule has 3 N–H and O–H groups in total. The van der Waals surface area contributed by atoms with Crippen LogP contribution in [-0.4, -0.2) is 29.2 Å². The molecule has 0 atom stereocenters. The first-order valence-corrected chi connectivity index (χ1v) is 5.44. The van der Waals surface area contributed by atoms with E-state index in [0.717, 1.165) is 5.69 Å². The summed E-state index contributed by atoms with van der Waals surface area (Å²) in [5.74, 6) is -1.10. The summed E-state index contributed by atoms with van der Waals surface area (Å²) in [5, 5.41) is 8.48. The van der Waals surface area contributed by atoms with Crippen molar-refractivity contribution >= 4 is 23.3 Å². The second kappa shape index (κ2) is 7.05. The molecule has 0 unspecified atom stereocenters. The number of carboxylic acids is 1. The molecule has 0 amide bonds. The Bertz CT molecular complexity index is 443. The lowest BCUT2D eigenvalue weighted by atomic mass is 10.3. The van der Waals surface area contributed by atoms with Crippen molar-refractivity contribution < 1.29 is 14.7 Å². The molecule has 0 aromatic heterocycles. The van der Waals surface area contributed by atoms with Gasteiger partial charge in [0, 0.05) is 6.92 Å². The molecule has 18 heavy (non-hydrogen) atoms. The quantitative estimate of drug-likeness (QED) is 0.398. The lowest BCUT2D eigenvalue weighted by molar-refractivity contribution is -0.136. The highest BCUT2D eigenvalue weighted by Crippen LogP contribution is 2.02. The van der Waals surface area contributed by atoms with Gasteiger partial charge in [0.15, 0.2) is 11.6 Å². The van der Waals surface area contributed by atoms with Gasteiger partial charge in [-0.1, -0.05) is 18.2 Å². The average molecular weight is 249 g/mol. The predicted molar refractivity (Wildman–Crippen MR) is 68.4 cm³/mol. The SMILES string of the molecule is CC(=O)C(=NCCC(=O)O)NNc1ccccc1. The maximum atomic E-state index is 11.3. The van der Waals surface area contributed by atoms with E-state index in [2.05, 4.69) is 15.8 Å². The molecule has 0 aliphatic rings. The van der Waals surface area contributed by atoms with E-state index in [-0.39, 0.29) is 24.6 Å². The van der Waals surface area contributed by atoms with Crippen molar-refractivity contribution in [1.29, 1.82) is 0 Å². The Morgan fingerprint density at radius 1 is 1.28 bits per heavy atom. The topological polar surface area (TPSA) is 90.8 Å². The number of carboxylic acid groups (broad SMARTS) is 1. The lowest BCUT2D eigenvalue weighted by Gasteiger charge is -2.09. The third-order valence-corrected chi connectivity index (χ3v) is 2.03. The molecule has 0 bridgehead atoms. The first-order chi connectivity index (χ1) is 8.59. The largest absolute Gasteiger partial charge is 0.481 e. The molecule has 0 aliphatic heterocycles. The zero-order valence-electron chi connectivity index (χ0n) is 10.0. The second-order valence-corrected chi connectivity index (χ2v) is 3.55. The van der Waals surface area contributed by atoms with Crippen molar-refractivity contribution in [3.05, 3.63) is 30.3 Å². The monoisotopic (exact) mass is 249 g/mol. The molecule has 96 valence electrons. The average Bonchev–Trinajstić information content (AvgIpc) is 2.34. The van der Waals surface area contributed by atoms with Gasteiger partial charge in [-0.05, 0) is 12.1 Å². The Labute approximate surface area is 105 Å². The summed E-state index contributed by atoms with van der Waals surface area (Å²) in [5.41, 5.74) is 6.26. The van der Waals surface area contributed by atoms with Crippen molar-refractivity contribution in [3.63, 3.8) is 0 Å². The fourth-order valence-electron chi connectivity index (χ4n) is 1.16. The first kappa shape index (κ1) is 13.7. The Kier molecular flexibility index (Phi) is 5.37. The highest BCUT2D eigenvalue weighted by molar-refractivity contribution is 6.38. The molecule has 1 aromatic carbocycles. The van der Waals surface area contributed by atoms with Crippen LogP contribution < -0.4 is 10.9 Å². The zero-order valence-corrected chi connectivity index (χ0v) is 10.0. The van der Waals surface area contributed by atoms with Crippen LogP contribution in [0.3, 0.4) is 0 Å². The molecule has 0 saturated carbocycles. The molecule has 1 aromatic rings. The smallest absolute Gasteiger partial charge is 0.305 e. The molecule has 6 nitrogen and oxygen atoms in total. The van der Waals surface area contributed by atoms with Gasteiger partial charge in [-0.15, -0.1) is 0 Å². The number of carbonyl (C=O) groups is 2. The van der Waals surface area contributed by atoms with Gasteiger partial charge < -0.3 is 5.11 Å². The van der Waals surface area contributed by atoms with Crippen molar-refractivity contribution in [3.8, 4) is 0 Å². The molecule has 6 heteroatoms. The molecule has 0 radical (unpaired) electrons. The zero-order chi connectivity index (χ0) is 13.4. The number of nitrogens with zero attached hydrogens (tertiary/aromatic N) is 1. The number of para-hydroxylation sites is 1. The van der Waals surface area contributed by atoms with Crippen LogP contribution in [0, 0.1) is 0 Å². The van der Waals surface area contributed by atoms with E-state index in [4.69, 9.17) is 5.11 Å². The van der Waals surface area contributed by atoms with Crippen molar-refractivity contribution in [1.82, 2.24) is 5.43 Å². The number of rotatable bonds is 6. The summed E-state index contributed by atoms with van der Waals surface area (Å²) >= 11 is 0. The summed E-state index contributed by atoms with van der Waals surface area (Å²) in [6, 6.07) is 9.21. The number of benzene rings is 1. The van der Waals surface area contributed by atoms with Gasteiger partial charge in [0.05, 0.1) is 18.7 Å². The number of hydrogen-bond acceptors (Lipinski definition) is 4. The number of carbonyl (C=O) groups excluding carboxylic acids is 1. The first-order valence-electron chi connectivity index (χ1n) is 5.44. The number of amidine groups is 1.